The van der Waals surface area contributed by atoms with Crippen LogP contribution in [0.15, 0.2) is 53.5 Å². The molecule has 0 radical (unpaired) electrons. The van der Waals surface area contributed by atoms with Crippen LogP contribution in [0.1, 0.15) is 28.4 Å². The number of para-hydroxylation sites is 1. The van der Waals surface area contributed by atoms with Gasteiger partial charge in [-0.2, -0.15) is 13.2 Å². The first-order valence-electron chi connectivity index (χ1n) is 7.93. The number of aromatic amines is 1. The lowest BCUT2D eigenvalue weighted by Crippen LogP contribution is -2.22. The van der Waals surface area contributed by atoms with Crippen LogP contribution in [-0.2, 0) is 12.6 Å². The summed E-state index contributed by atoms with van der Waals surface area (Å²) >= 11 is 0. The fourth-order valence-corrected chi connectivity index (χ4v) is 2.68. The number of alkyl halides is 3. The van der Waals surface area contributed by atoms with Crippen LogP contribution in [0.3, 0.4) is 0 Å². The number of anilines is 1. The number of nitrogens with one attached hydrogen (secondary N) is 2. The van der Waals surface area contributed by atoms with Crippen molar-refractivity contribution in [2.45, 2.75) is 19.5 Å². The zero-order valence-electron chi connectivity index (χ0n) is 13.8. The Kier molecular flexibility index (Phi) is 4.54. The number of aromatic nitrogens is 1. The molecule has 26 heavy (non-hydrogen) atoms. The number of rotatable bonds is 3. The van der Waals surface area contributed by atoms with Crippen molar-refractivity contribution in [1.29, 1.82) is 0 Å². The Morgan fingerprint density at radius 3 is 2.42 bits per heavy atom. The standard InChI is InChI=1S/C19H15F3N2O2/c1-2-11-6-8-12(9-7-11)24-18(26)14-10-23-16-13(17(14)25)4-3-5-15(16)19(20,21)22/h3-10H,2H2,1H3,(H,23,25)(H,24,26). The molecule has 0 aliphatic carbocycles. The molecule has 7 heteroatoms. The summed E-state index contributed by atoms with van der Waals surface area (Å²) in [5, 5.41) is 2.39. The molecule has 0 fully saturated rings. The van der Waals surface area contributed by atoms with Gasteiger partial charge in [-0.15, -0.1) is 0 Å². The van der Waals surface area contributed by atoms with Gasteiger partial charge < -0.3 is 10.3 Å². The fourth-order valence-electron chi connectivity index (χ4n) is 2.68. The van der Waals surface area contributed by atoms with E-state index in [2.05, 4.69) is 10.3 Å². The Hall–Kier alpha value is -3.09. The molecule has 3 rings (SSSR count). The second kappa shape index (κ2) is 6.67. The van der Waals surface area contributed by atoms with Crippen molar-refractivity contribution in [3.63, 3.8) is 0 Å². The maximum Gasteiger partial charge on any atom is 0.418 e. The smallest absolute Gasteiger partial charge is 0.360 e. The molecule has 2 aromatic carbocycles. The minimum atomic E-state index is -4.60. The number of halogens is 3. The third-order valence-corrected chi connectivity index (χ3v) is 4.08. The number of amides is 1. The molecule has 0 atom stereocenters. The Labute approximate surface area is 146 Å². The van der Waals surface area contributed by atoms with E-state index in [1.807, 2.05) is 19.1 Å². The summed E-state index contributed by atoms with van der Waals surface area (Å²) in [7, 11) is 0. The monoisotopic (exact) mass is 360 g/mol. The van der Waals surface area contributed by atoms with Crippen LogP contribution in [0, 0.1) is 0 Å². The van der Waals surface area contributed by atoms with Crippen molar-refractivity contribution in [3.05, 3.63) is 75.6 Å². The second-order valence-electron chi connectivity index (χ2n) is 5.76. The van der Waals surface area contributed by atoms with Gasteiger partial charge in [-0.1, -0.05) is 25.1 Å². The van der Waals surface area contributed by atoms with E-state index in [4.69, 9.17) is 0 Å². The maximum atomic E-state index is 13.1. The number of hydrogen-bond donors (Lipinski definition) is 2. The maximum absolute atomic E-state index is 13.1. The minimum Gasteiger partial charge on any atom is -0.360 e. The zero-order valence-corrected chi connectivity index (χ0v) is 13.8. The van der Waals surface area contributed by atoms with Gasteiger partial charge in [0.05, 0.1) is 11.1 Å². The first kappa shape index (κ1) is 17.7. The summed E-state index contributed by atoms with van der Waals surface area (Å²) < 4.78 is 39.2. The Morgan fingerprint density at radius 2 is 1.81 bits per heavy atom. The highest BCUT2D eigenvalue weighted by molar-refractivity contribution is 6.05. The summed E-state index contributed by atoms with van der Waals surface area (Å²) in [5.41, 5.74) is -0.714. The van der Waals surface area contributed by atoms with Crippen LogP contribution in [0.25, 0.3) is 10.9 Å². The summed E-state index contributed by atoms with van der Waals surface area (Å²) in [6, 6.07) is 10.4. The Morgan fingerprint density at radius 1 is 1.12 bits per heavy atom. The van der Waals surface area contributed by atoms with Crippen molar-refractivity contribution in [1.82, 2.24) is 4.98 Å². The lowest BCUT2D eigenvalue weighted by atomic mass is 10.1. The number of carbonyl (C=O) groups excluding carboxylic acids is 1. The predicted molar refractivity (Wildman–Crippen MR) is 93.3 cm³/mol. The van der Waals surface area contributed by atoms with Crippen molar-refractivity contribution < 1.29 is 18.0 Å². The third-order valence-electron chi connectivity index (χ3n) is 4.08. The normalized spacial score (nSPS) is 11.5. The predicted octanol–water partition coefficient (Wildman–Crippen LogP) is 4.36. The number of carbonyl (C=O) groups is 1. The molecule has 0 saturated heterocycles. The average molecular weight is 360 g/mol. The summed E-state index contributed by atoms with van der Waals surface area (Å²) in [5.74, 6) is -0.685. The fraction of sp³-hybridized carbons (Fsp3) is 0.158. The molecule has 0 aliphatic rings. The SMILES string of the molecule is CCc1ccc(NC(=O)c2c[nH]c3c(C(F)(F)F)cccc3c2=O)cc1. The molecule has 0 bridgehead atoms. The molecule has 2 N–H and O–H groups in total. The number of H-pyrrole nitrogens is 1. The van der Waals surface area contributed by atoms with Crippen molar-refractivity contribution in [2.75, 3.05) is 5.32 Å². The van der Waals surface area contributed by atoms with E-state index >= 15 is 0 Å². The second-order valence-corrected chi connectivity index (χ2v) is 5.76. The molecule has 0 aliphatic heterocycles. The molecule has 1 aromatic heterocycles. The van der Waals surface area contributed by atoms with Gasteiger partial charge >= 0.3 is 6.18 Å². The Balaban J connectivity index is 1.99. The lowest BCUT2D eigenvalue weighted by Gasteiger charge is -2.11. The van der Waals surface area contributed by atoms with Gasteiger partial charge in [0.25, 0.3) is 5.91 Å². The number of fused-ring (bicyclic) bond motifs is 1. The molecule has 0 spiro atoms. The van der Waals surface area contributed by atoms with E-state index in [0.717, 1.165) is 30.3 Å². The van der Waals surface area contributed by atoms with Crippen LogP contribution < -0.4 is 10.7 Å². The number of pyridine rings is 1. The number of aryl methyl sites for hydroxylation is 1. The molecular weight excluding hydrogens is 345 g/mol. The molecule has 1 amide bonds. The zero-order chi connectivity index (χ0) is 18.9. The van der Waals surface area contributed by atoms with Crippen LogP contribution in [0.5, 0.6) is 0 Å². The summed E-state index contributed by atoms with van der Waals surface area (Å²) in [6.07, 6.45) is -2.75. The van der Waals surface area contributed by atoms with Gasteiger partial charge in [0, 0.05) is 17.3 Å². The average Bonchev–Trinajstić information content (AvgIpc) is 2.61. The minimum absolute atomic E-state index is 0.186. The molecular formula is C19H15F3N2O2. The highest BCUT2D eigenvalue weighted by Gasteiger charge is 2.33. The van der Waals surface area contributed by atoms with E-state index < -0.39 is 23.1 Å². The topological polar surface area (TPSA) is 62.0 Å². The quantitative estimate of drug-likeness (QED) is 0.729. The van der Waals surface area contributed by atoms with Crippen molar-refractivity contribution >= 4 is 22.5 Å². The molecule has 134 valence electrons. The van der Waals surface area contributed by atoms with Crippen molar-refractivity contribution in [3.8, 4) is 0 Å². The van der Waals surface area contributed by atoms with Crippen molar-refractivity contribution in [2.24, 2.45) is 0 Å². The van der Waals surface area contributed by atoms with Gasteiger partial charge in [0.2, 0.25) is 5.43 Å². The van der Waals surface area contributed by atoms with Gasteiger partial charge in [-0.05, 0) is 36.2 Å². The lowest BCUT2D eigenvalue weighted by molar-refractivity contribution is -0.136. The van der Waals surface area contributed by atoms with Crippen LogP contribution >= 0.6 is 0 Å². The van der Waals surface area contributed by atoms with Gasteiger partial charge in [-0.3, -0.25) is 9.59 Å². The molecule has 0 unspecified atom stereocenters. The van der Waals surface area contributed by atoms with Gasteiger partial charge in [0.1, 0.15) is 5.56 Å². The van der Waals surface area contributed by atoms with E-state index in [0.29, 0.717) is 5.69 Å². The van der Waals surface area contributed by atoms with Gasteiger partial charge in [-0.25, -0.2) is 0 Å². The van der Waals surface area contributed by atoms with E-state index in [1.165, 1.54) is 6.07 Å². The first-order valence-corrected chi connectivity index (χ1v) is 7.93. The summed E-state index contributed by atoms with van der Waals surface area (Å²) in [4.78, 5) is 27.3. The molecule has 0 saturated carbocycles. The molecule has 1 heterocycles. The van der Waals surface area contributed by atoms with E-state index in [-0.39, 0.29) is 16.5 Å². The number of hydrogen-bond acceptors (Lipinski definition) is 2. The van der Waals surface area contributed by atoms with Crippen LogP contribution in [0.4, 0.5) is 18.9 Å². The highest BCUT2D eigenvalue weighted by atomic mass is 19.4. The van der Waals surface area contributed by atoms with Gasteiger partial charge in [0.15, 0.2) is 0 Å². The molecule has 3 aromatic rings. The largest absolute Gasteiger partial charge is 0.418 e. The molecule has 4 nitrogen and oxygen atoms in total. The highest BCUT2D eigenvalue weighted by Crippen LogP contribution is 2.33. The first-order chi connectivity index (χ1) is 12.3. The number of benzene rings is 2. The van der Waals surface area contributed by atoms with Crippen LogP contribution in [0.2, 0.25) is 0 Å². The summed E-state index contributed by atoms with van der Waals surface area (Å²) in [6.45, 7) is 2.00. The third kappa shape index (κ3) is 3.33. The van der Waals surface area contributed by atoms with E-state index in [9.17, 15) is 22.8 Å². The van der Waals surface area contributed by atoms with Crippen LogP contribution in [-0.4, -0.2) is 10.9 Å². The van der Waals surface area contributed by atoms with E-state index in [1.54, 1.807) is 12.1 Å². The Bertz CT molecular complexity index is 1020.